The van der Waals surface area contributed by atoms with Crippen LogP contribution in [-0.2, 0) is 62.4 Å². The molecule has 1 aromatic heterocycles. The zero-order valence-corrected chi connectivity index (χ0v) is 46.6. The normalized spacial score (nSPS) is 16.1. The van der Waals surface area contributed by atoms with Gasteiger partial charge < -0.3 is 75.7 Å². The molecule has 0 saturated carbocycles. The summed E-state index contributed by atoms with van der Waals surface area (Å²) in [6, 6.07) is 3.95. The Kier molecular flexibility index (Phi) is 26.5. The van der Waals surface area contributed by atoms with Crippen LogP contribution in [0.5, 0.6) is 5.75 Å². The standard InChI is InChI=1S/C50H71N13O12.K.H/c1-5-28(4)41(47(72)59-36(23-31-25-54-26-56-31)48(73)63-20-10-14-38(63)45(70)60-37(49(74)75)22-29-11-7-6-8-12-29)62-44(69)35(21-30-15-17-32(64)18-16-30)58-46(71)40(27(2)3)61-43(68)34(13-9-19-55-50(52)53)57-42(67)33(51)24-39(65)66;;/h6-8,11-12,15-18,25-28,33-38,40-41,64H,5,9-10,13-14,19-24,51H2,1-4H3,(H,54,56)(H,57,67)(H,58,71)(H,59,72)(H,60,70)(H,61,68)(H,62,69)(H,65,66)(H,74,75)(H4,52,53,55);;/q;+1;-1/t28-,33-,34-,35-,36-,37-,38-,40-,41-;;/m0../s1. The summed E-state index contributed by atoms with van der Waals surface area (Å²) in [7, 11) is 0. The number of nitrogens with zero attached hydrogens (tertiary/aromatic N) is 3. The van der Waals surface area contributed by atoms with Gasteiger partial charge in [0.2, 0.25) is 41.4 Å². The summed E-state index contributed by atoms with van der Waals surface area (Å²) in [6.45, 7) is 6.90. The van der Waals surface area contributed by atoms with Crippen molar-refractivity contribution in [3.05, 3.63) is 83.9 Å². The number of likely N-dealkylation sites (tertiary alicyclic amines) is 1. The monoisotopic (exact) mass is 1090 g/mol. The van der Waals surface area contributed by atoms with Crippen LogP contribution >= 0.6 is 0 Å². The number of carbonyl (C=O) groups is 9. The summed E-state index contributed by atoms with van der Waals surface area (Å²) in [5, 5.41) is 45.1. The Balaban J connectivity index is 0.0000101. The van der Waals surface area contributed by atoms with Crippen LogP contribution in [-0.4, -0.2) is 151 Å². The molecule has 26 heteroatoms. The van der Waals surface area contributed by atoms with Crippen LogP contribution in [0.4, 0.5) is 0 Å². The van der Waals surface area contributed by atoms with Crippen molar-refractivity contribution in [2.24, 2.45) is 34.0 Å². The second-order valence-corrected chi connectivity index (χ2v) is 18.9. The number of nitrogens with one attached hydrogen (secondary N) is 7. The van der Waals surface area contributed by atoms with Crippen molar-refractivity contribution in [1.82, 2.24) is 46.8 Å². The van der Waals surface area contributed by atoms with Crippen LogP contribution in [0.15, 0.2) is 72.1 Å². The number of H-pyrrole nitrogens is 1. The van der Waals surface area contributed by atoms with E-state index in [1.165, 1.54) is 41.7 Å². The summed E-state index contributed by atoms with van der Waals surface area (Å²) < 4.78 is 0. The van der Waals surface area contributed by atoms with Gasteiger partial charge in [-0.3, -0.25) is 43.3 Å². The fraction of sp³-hybridized carbons (Fsp3) is 0.500. The molecule has 7 amide bonds. The number of nitrogens with two attached hydrogens (primary N) is 3. The molecule has 0 radical (unpaired) electrons. The smallest absolute Gasteiger partial charge is 1.00 e. The number of aromatic hydroxyl groups is 1. The van der Waals surface area contributed by atoms with E-state index in [2.05, 4.69) is 46.9 Å². The van der Waals surface area contributed by atoms with Gasteiger partial charge >= 0.3 is 63.3 Å². The summed E-state index contributed by atoms with van der Waals surface area (Å²) in [6.07, 6.45) is 2.92. The molecular weight excluding hydrogens is 1010 g/mol. The molecule has 1 aliphatic heterocycles. The van der Waals surface area contributed by atoms with Crippen LogP contribution in [0.2, 0.25) is 0 Å². The van der Waals surface area contributed by atoms with Gasteiger partial charge in [0, 0.05) is 44.2 Å². The van der Waals surface area contributed by atoms with Gasteiger partial charge in [-0.05, 0) is 60.8 Å². The van der Waals surface area contributed by atoms with Gasteiger partial charge in [-0.2, -0.15) is 0 Å². The molecule has 9 atom stereocenters. The van der Waals surface area contributed by atoms with Gasteiger partial charge in [0.15, 0.2) is 5.96 Å². The number of aromatic amines is 1. The van der Waals surface area contributed by atoms with Crippen LogP contribution in [0, 0.1) is 11.8 Å². The molecule has 76 heavy (non-hydrogen) atoms. The quantitative estimate of drug-likeness (QED) is 0.0136. The number of carbonyl (C=O) groups excluding carboxylic acids is 7. The first-order valence-corrected chi connectivity index (χ1v) is 24.8. The number of aromatic nitrogens is 2. The van der Waals surface area contributed by atoms with Crippen molar-refractivity contribution < 1.29 is 111 Å². The third-order valence-corrected chi connectivity index (χ3v) is 12.7. The molecule has 0 spiro atoms. The molecule has 4 rings (SSSR count). The maximum Gasteiger partial charge on any atom is 1.00 e. The molecule has 2 heterocycles. The maximum atomic E-state index is 14.6. The Hall–Kier alpha value is -6.45. The average Bonchev–Trinajstić information content (AvgIpc) is 4.08. The van der Waals surface area contributed by atoms with E-state index in [1.54, 1.807) is 58.0 Å². The van der Waals surface area contributed by atoms with Gasteiger partial charge in [0.1, 0.15) is 48.0 Å². The maximum absolute atomic E-state index is 14.6. The summed E-state index contributed by atoms with van der Waals surface area (Å²) in [5.74, 6) is -9.64. The number of guanidine groups is 1. The van der Waals surface area contributed by atoms with Crippen molar-refractivity contribution in [1.29, 1.82) is 0 Å². The van der Waals surface area contributed by atoms with Gasteiger partial charge in [0.05, 0.1) is 18.8 Å². The van der Waals surface area contributed by atoms with Crippen molar-refractivity contribution in [2.75, 3.05) is 13.1 Å². The van der Waals surface area contributed by atoms with E-state index in [0.29, 0.717) is 29.7 Å². The predicted molar refractivity (Wildman–Crippen MR) is 274 cm³/mol. The number of carboxylic acid groups (broad SMARTS) is 2. The van der Waals surface area contributed by atoms with E-state index in [4.69, 9.17) is 17.2 Å². The predicted octanol–water partition coefficient (Wildman–Crippen LogP) is -4.20. The van der Waals surface area contributed by atoms with Gasteiger partial charge in [-0.25, -0.2) is 9.78 Å². The Labute approximate surface area is 484 Å². The van der Waals surface area contributed by atoms with Crippen molar-refractivity contribution in [3.63, 3.8) is 0 Å². The number of carboxylic acids is 2. The minimum atomic E-state index is -1.51. The largest absolute Gasteiger partial charge is 1.00 e. The third kappa shape index (κ3) is 20.2. The number of rotatable bonds is 29. The Bertz CT molecular complexity index is 2470. The molecule has 25 nitrogen and oxygen atoms in total. The first kappa shape index (κ1) is 63.8. The molecule has 3 aromatic rings. The number of benzene rings is 2. The van der Waals surface area contributed by atoms with Gasteiger partial charge in [-0.1, -0.05) is 76.6 Å². The number of hydrogen-bond donors (Lipinski definition) is 13. The zero-order chi connectivity index (χ0) is 55.4. The van der Waals surface area contributed by atoms with Crippen LogP contribution in [0.1, 0.15) is 84.5 Å². The van der Waals surface area contributed by atoms with Gasteiger partial charge in [0.25, 0.3) is 0 Å². The Morgan fingerprint density at radius 2 is 1.36 bits per heavy atom. The number of phenolic OH excluding ortho intramolecular Hbond substituents is 1. The first-order valence-electron chi connectivity index (χ1n) is 24.8. The number of aliphatic carboxylic acids is 2. The van der Waals surface area contributed by atoms with Gasteiger partial charge in [-0.15, -0.1) is 0 Å². The molecule has 0 aliphatic carbocycles. The SMILES string of the molecule is CC[C@H](C)[C@H](NC(=O)[C@H](Cc1ccc(O)cc1)NC(=O)[C@@H](NC(=O)[C@H](CCCN=C(N)N)NC(=O)[C@@H](N)CC(=O)O)C(C)C)C(=O)N[C@@H](Cc1cnc[nH]1)C(=O)N1CCC[C@H]1C(=O)N[C@@H](Cc1ccccc1)C(=O)O.[H-].[K+]. The first-order chi connectivity index (χ1) is 35.6. The zero-order valence-electron chi connectivity index (χ0n) is 44.5. The van der Waals surface area contributed by atoms with E-state index in [-0.39, 0.29) is 116 Å². The second kappa shape index (κ2) is 31.6. The molecule has 410 valence electrons. The van der Waals surface area contributed by atoms with E-state index >= 15 is 0 Å². The van der Waals surface area contributed by atoms with E-state index in [0.717, 1.165) is 0 Å². The number of imidazole rings is 1. The molecule has 0 bridgehead atoms. The van der Waals surface area contributed by atoms with Crippen molar-refractivity contribution >= 4 is 59.2 Å². The number of amides is 7. The number of phenols is 1. The van der Waals surface area contributed by atoms with Crippen LogP contribution in [0.3, 0.4) is 0 Å². The third-order valence-electron chi connectivity index (χ3n) is 12.7. The molecular formula is C50H72KN13O12. The summed E-state index contributed by atoms with van der Waals surface area (Å²) >= 11 is 0. The number of aliphatic imine (C=N–C) groups is 1. The van der Waals surface area contributed by atoms with Crippen LogP contribution in [0.25, 0.3) is 0 Å². The summed E-state index contributed by atoms with van der Waals surface area (Å²) in [4.78, 5) is 134. The Morgan fingerprint density at radius 1 is 0.763 bits per heavy atom. The van der Waals surface area contributed by atoms with Crippen molar-refractivity contribution in [3.8, 4) is 5.75 Å². The molecule has 16 N–H and O–H groups in total. The van der Waals surface area contributed by atoms with E-state index < -0.39 is 120 Å². The molecule has 0 unspecified atom stereocenters. The van der Waals surface area contributed by atoms with Crippen molar-refractivity contribution in [2.45, 2.75) is 134 Å². The van der Waals surface area contributed by atoms with E-state index in [9.17, 15) is 58.5 Å². The molecule has 1 aliphatic rings. The second-order valence-electron chi connectivity index (χ2n) is 18.9. The molecule has 1 saturated heterocycles. The van der Waals surface area contributed by atoms with Crippen LogP contribution < -0.4 is 100 Å². The minimum Gasteiger partial charge on any atom is -1.00 e. The Morgan fingerprint density at radius 3 is 1.95 bits per heavy atom. The summed E-state index contributed by atoms with van der Waals surface area (Å²) in [5.41, 5.74) is 18.2. The fourth-order valence-electron chi connectivity index (χ4n) is 8.31. The topological polar surface area (TPSA) is 409 Å². The van der Waals surface area contributed by atoms with E-state index in [1.807, 2.05) is 0 Å². The fourth-order valence-corrected chi connectivity index (χ4v) is 8.31. The number of hydrogen-bond acceptors (Lipinski definition) is 13. The minimum absolute atomic E-state index is 0. The molecule has 2 aromatic carbocycles. The molecule has 1 fully saturated rings. The average molecular weight is 1090 g/mol.